The monoisotopic (exact) mass is 358 g/mol. The number of aliphatic carboxylic acids is 1. The minimum Gasteiger partial charge on any atom is -0.477 e. The van der Waals surface area contributed by atoms with E-state index in [4.69, 9.17) is 0 Å². The number of hydrogen-bond acceptors (Lipinski definition) is 4. The van der Waals surface area contributed by atoms with Crippen LogP contribution >= 0.6 is 11.8 Å². The van der Waals surface area contributed by atoms with Crippen molar-refractivity contribution in [3.63, 3.8) is 0 Å². The van der Waals surface area contributed by atoms with Gasteiger partial charge in [0.05, 0.1) is 6.42 Å². The summed E-state index contributed by atoms with van der Waals surface area (Å²) in [5.41, 5.74) is 1.49. The van der Waals surface area contributed by atoms with Crippen molar-refractivity contribution >= 4 is 29.5 Å². The van der Waals surface area contributed by atoms with Crippen LogP contribution in [0, 0.1) is 0 Å². The number of carbonyl (C=O) groups is 3. The predicted octanol–water partition coefficient (Wildman–Crippen LogP) is 1.54. The Kier molecular flexibility index (Phi) is 4.94. The maximum atomic E-state index is 12.4. The van der Waals surface area contributed by atoms with E-state index in [1.165, 1.54) is 16.7 Å². The number of hydrogen-bond donors (Lipinski definition) is 2. The zero-order valence-electron chi connectivity index (χ0n) is 13.6. The molecule has 2 heterocycles. The van der Waals surface area contributed by atoms with Crippen molar-refractivity contribution in [2.75, 3.05) is 5.75 Å². The lowest BCUT2D eigenvalue weighted by Crippen LogP contribution is -2.70. The lowest BCUT2D eigenvalue weighted by molar-refractivity contribution is -0.150. The molecule has 0 spiro atoms. The zero-order valence-corrected chi connectivity index (χ0v) is 14.5. The van der Waals surface area contributed by atoms with Crippen LogP contribution in [-0.2, 0) is 20.8 Å². The van der Waals surface area contributed by atoms with Crippen LogP contribution in [0.15, 0.2) is 53.8 Å². The van der Waals surface area contributed by atoms with Gasteiger partial charge >= 0.3 is 5.97 Å². The van der Waals surface area contributed by atoms with Gasteiger partial charge in [-0.15, -0.1) is 11.8 Å². The molecule has 1 aromatic carbocycles. The number of carboxylic acid groups (broad SMARTS) is 1. The number of thioether (sulfide) groups is 1. The molecule has 2 aliphatic rings. The number of β-lactam (4-membered cyclic amide) rings is 1. The first-order valence-corrected chi connectivity index (χ1v) is 8.95. The highest BCUT2D eigenvalue weighted by Crippen LogP contribution is 2.40. The van der Waals surface area contributed by atoms with Gasteiger partial charge in [-0.1, -0.05) is 42.5 Å². The number of rotatable bonds is 5. The van der Waals surface area contributed by atoms with Crippen molar-refractivity contribution in [3.05, 3.63) is 59.3 Å². The summed E-state index contributed by atoms with van der Waals surface area (Å²) in [6.45, 7) is 1.80. The minimum atomic E-state index is -1.12. The van der Waals surface area contributed by atoms with E-state index < -0.39 is 12.0 Å². The molecule has 6 nitrogen and oxygen atoms in total. The Balaban J connectivity index is 1.71. The van der Waals surface area contributed by atoms with Gasteiger partial charge in [0.1, 0.15) is 17.1 Å². The Bertz CT molecular complexity index is 773. The molecule has 1 saturated heterocycles. The lowest BCUT2D eigenvalue weighted by atomic mass is 10.0. The van der Waals surface area contributed by atoms with Crippen LogP contribution in [0.5, 0.6) is 0 Å². The zero-order chi connectivity index (χ0) is 18.0. The summed E-state index contributed by atoms with van der Waals surface area (Å²) >= 11 is 1.46. The van der Waals surface area contributed by atoms with Crippen molar-refractivity contribution in [3.8, 4) is 0 Å². The number of amides is 2. The van der Waals surface area contributed by atoms with Crippen LogP contribution in [-0.4, -0.2) is 45.0 Å². The highest BCUT2D eigenvalue weighted by atomic mass is 32.2. The largest absolute Gasteiger partial charge is 0.477 e. The molecule has 130 valence electrons. The topological polar surface area (TPSA) is 86.7 Å². The predicted molar refractivity (Wildman–Crippen MR) is 94.6 cm³/mol. The smallest absolute Gasteiger partial charge is 0.352 e. The second-order valence-corrected chi connectivity index (χ2v) is 6.90. The number of allylic oxidation sites excluding steroid dienone is 2. The SMILES string of the molecule is C/C=C\C1=C(C(=O)O)N2C(=O)C(NC(=O)Cc3ccccc3)[C@H]2SC1. The van der Waals surface area contributed by atoms with Crippen molar-refractivity contribution in [1.29, 1.82) is 0 Å². The van der Waals surface area contributed by atoms with E-state index in [2.05, 4.69) is 5.32 Å². The molecule has 7 heteroatoms. The Hall–Kier alpha value is -2.54. The maximum Gasteiger partial charge on any atom is 0.352 e. The molecule has 25 heavy (non-hydrogen) atoms. The second kappa shape index (κ2) is 7.14. The Morgan fingerprint density at radius 2 is 2.08 bits per heavy atom. The molecule has 0 aliphatic carbocycles. The van der Waals surface area contributed by atoms with Gasteiger partial charge in [-0.3, -0.25) is 14.5 Å². The molecule has 0 bridgehead atoms. The fourth-order valence-corrected chi connectivity index (χ4v) is 4.30. The average Bonchev–Trinajstić information content (AvgIpc) is 2.60. The van der Waals surface area contributed by atoms with E-state index >= 15 is 0 Å². The molecule has 1 fully saturated rings. The Morgan fingerprint density at radius 1 is 1.36 bits per heavy atom. The van der Waals surface area contributed by atoms with Gasteiger partial charge in [-0.25, -0.2) is 4.79 Å². The molecule has 0 aromatic heterocycles. The number of nitrogens with zero attached hydrogens (tertiary/aromatic N) is 1. The molecule has 2 amide bonds. The minimum absolute atomic E-state index is 0.0143. The molecule has 2 atom stereocenters. The van der Waals surface area contributed by atoms with Crippen LogP contribution in [0.25, 0.3) is 0 Å². The van der Waals surface area contributed by atoms with E-state index in [1.54, 1.807) is 19.1 Å². The maximum absolute atomic E-state index is 12.4. The molecular formula is C18H18N2O4S. The van der Waals surface area contributed by atoms with Gasteiger partial charge in [0.25, 0.3) is 5.91 Å². The van der Waals surface area contributed by atoms with Crippen LogP contribution in [0.4, 0.5) is 0 Å². The number of nitrogens with one attached hydrogen (secondary N) is 1. The summed E-state index contributed by atoms with van der Waals surface area (Å²) in [6.07, 6.45) is 3.65. The van der Waals surface area contributed by atoms with Gasteiger partial charge in [-0.2, -0.15) is 0 Å². The fraction of sp³-hybridized carbons (Fsp3) is 0.278. The summed E-state index contributed by atoms with van der Waals surface area (Å²) in [5.74, 6) is -1.26. The van der Waals surface area contributed by atoms with Crippen LogP contribution < -0.4 is 5.32 Å². The van der Waals surface area contributed by atoms with Crippen LogP contribution in [0.1, 0.15) is 12.5 Å². The lowest BCUT2D eigenvalue weighted by Gasteiger charge is -2.49. The molecule has 1 aromatic rings. The van der Waals surface area contributed by atoms with E-state index in [1.807, 2.05) is 30.3 Å². The number of carbonyl (C=O) groups excluding carboxylic acids is 2. The summed E-state index contributed by atoms with van der Waals surface area (Å²) < 4.78 is 0. The molecule has 1 unspecified atom stereocenters. The molecule has 2 N–H and O–H groups in total. The quantitative estimate of drug-likeness (QED) is 0.780. The number of benzene rings is 1. The van der Waals surface area contributed by atoms with Gasteiger partial charge in [0, 0.05) is 5.75 Å². The van der Waals surface area contributed by atoms with Gasteiger partial charge in [-0.05, 0) is 18.1 Å². The summed E-state index contributed by atoms with van der Waals surface area (Å²) in [7, 11) is 0. The van der Waals surface area contributed by atoms with Crippen molar-refractivity contribution in [1.82, 2.24) is 10.2 Å². The van der Waals surface area contributed by atoms with Gasteiger partial charge in [0.15, 0.2) is 0 Å². The van der Waals surface area contributed by atoms with Crippen LogP contribution in [0.3, 0.4) is 0 Å². The first-order chi connectivity index (χ1) is 12.0. The molecule has 0 saturated carbocycles. The summed E-state index contributed by atoms with van der Waals surface area (Å²) in [6, 6.07) is 8.58. The second-order valence-electron chi connectivity index (χ2n) is 5.80. The Morgan fingerprint density at radius 3 is 2.72 bits per heavy atom. The fourth-order valence-electron chi connectivity index (χ4n) is 2.98. The molecule has 2 aliphatic heterocycles. The molecule has 0 radical (unpaired) electrons. The highest BCUT2D eigenvalue weighted by molar-refractivity contribution is 8.00. The van der Waals surface area contributed by atoms with Gasteiger partial charge in [0.2, 0.25) is 5.91 Å². The van der Waals surface area contributed by atoms with Gasteiger partial charge < -0.3 is 10.4 Å². The van der Waals surface area contributed by atoms with Crippen molar-refractivity contribution in [2.24, 2.45) is 0 Å². The first-order valence-electron chi connectivity index (χ1n) is 7.90. The number of carboxylic acids is 1. The average molecular weight is 358 g/mol. The molecule has 3 rings (SSSR count). The standard InChI is InChI=1S/C18H18N2O4S/c1-2-6-12-10-25-17-14(16(22)20(17)15(12)18(23)24)19-13(21)9-11-7-4-3-5-8-11/h2-8,14,17H,9-10H2,1H3,(H,19,21)(H,23,24)/b6-2-/t14?,17-/m1/s1. The van der Waals surface area contributed by atoms with E-state index in [9.17, 15) is 19.5 Å². The van der Waals surface area contributed by atoms with E-state index in [-0.39, 0.29) is 29.3 Å². The van der Waals surface area contributed by atoms with E-state index in [0.29, 0.717) is 11.3 Å². The van der Waals surface area contributed by atoms with Crippen molar-refractivity contribution < 1.29 is 19.5 Å². The first kappa shape index (κ1) is 17.3. The highest BCUT2D eigenvalue weighted by Gasteiger charge is 2.53. The summed E-state index contributed by atoms with van der Waals surface area (Å²) in [4.78, 5) is 37.5. The van der Waals surface area contributed by atoms with E-state index in [0.717, 1.165) is 5.56 Å². The number of fused-ring (bicyclic) bond motifs is 1. The van der Waals surface area contributed by atoms with Crippen LogP contribution in [0.2, 0.25) is 0 Å². The third-order valence-electron chi connectivity index (χ3n) is 4.09. The van der Waals surface area contributed by atoms with Crippen molar-refractivity contribution in [2.45, 2.75) is 24.8 Å². The molecular weight excluding hydrogens is 340 g/mol. The third-order valence-corrected chi connectivity index (χ3v) is 5.39. The Labute approximate surface area is 149 Å². The third kappa shape index (κ3) is 3.32. The summed E-state index contributed by atoms with van der Waals surface area (Å²) in [5, 5.41) is 11.8. The normalized spacial score (nSPS) is 22.6.